The van der Waals surface area contributed by atoms with Crippen molar-refractivity contribution >= 4 is 17.3 Å². The third-order valence-electron chi connectivity index (χ3n) is 4.48. The smallest absolute Gasteiger partial charge is 0.287 e. The van der Waals surface area contributed by atoms with Crippen LogP contribution in [0.15, 0.2) is 35.3 Å². The van der Waals surface area contributed by atoms with Crippen molar-refractivity contribution in [1.29, 1.82) is 0 Å². The first-order chi connectivity index (χ1) is 12.1. The van der Waals surface area contributed by atoms with Crippen LogP contribution >= 0.6 is 11.6 Å². The van der Waals surface area contributed by atoms with Crippen molar-refractivity contribution in [2.45, 2.75) is 13.0 Å². The predicted octanol–water partition coefficient (Wildman–Crippen LogP) is 2.23. The largest absolute Gasteiger partial charge is 0.380 e. The van der Waals surface area contributed by atoms with Crippen molar-refractivity contribution in [3.05, 3.63) is 57.0 Å². The van der Waals surface area contributed by atoms with Crippen LogP contribution in [0.3, 0.4) is 0 Å². The summed E-state index contributed by atoms with van der Waals surface area (Å²) in [6.45, 7) is 5.95. The molecule has 1 aliphatic heterocycles. The average Bonchev–Trinajstić information content (AvgIpc) is 2.63. The van der Waals surface area contributed by atoms with E-state index in [2.05, 4.69) is 46.5 Å². The van der Waals surface area contributed by atoms with Gasteiger partial charge in [-0.2, -0.15) is 5.10 Å². The summed E-state index contributed by atoms with van der Waals surface area (Å²) in [7, 11) is 1.58. The number of halogens is 1. The first-order valence-corrected chi connectivity index (χ1v) is 8.78. The first-order valence-electron chi connectivity index (χ1n) is 8.40. The van der Waals surface area contributed by atoms with Crippen molar-refractivity contribution in [1.82, 2.24) is 14.7 Å². The lowest BCUT2D eigenvalue weighted by molar-refractivity contribution is 0.0187. The SMILES string of the molecule is Cc1cccc([C@H](CNc2cnn(C)c(=O)c2Cl)N2CCOCC2)c1. The maximum absolute atomic E-state index is 12.0. The molecule has 0 saturated carbocycles. The number of aryl methyl sites for hydroxylation is 2. The van der Waals surface area contributed by atoms with Gasteiger partial charge in [-0.1, -0.05) is 41.4 Å². The van der Waals surface area contributed by atoms with Gasteiger partial charge < -0.3 is 10.1 Å². The average molecular weight is 363 g/mol. The first kappa shape index (κ1) is 17.9. The zero-order chi connectivity index (χ0) is 17.8. The number of hydrogen-bond donors (Lipinski definition) is 1. The van der Waals surface area contributed by atoms with E-state index < -0.39 is 0 Å². The van der Waals surface area contributed by atoms with Crippen LogP contribution in [0.2, 0.25) is 5.02 Å². The van der Waals surface area contributed by atoms with Gasteiger partial charge in [-0.25, -0.2) is 4.68 Å². The number of nitrogens with zero attached hydrogens (tertiary/aromatic N) is 3. The highest BCUT2D eigenvalue weighted by molar-refractivity contribution is 6.32. The lowest BCUT2D eigenvalue weighted by Gasteiger charge is -2.35. The van der Waals surface area contributed by atoms with Crippen molar-refractivity contribution in [2.24, 2.45) is 7.05 Å². The second kappa shape index (κ2) is 7.99. The summed E-state index contributed by atoms with van der Waals surface area (Å²) >= 11 is 6.17. The zero-order valence-corrected chi connectivity index (χ0v) is 15.3. The summed E-state index contributed by atoms with van der Waals surface area (Å²) in [5.74, 6) is 0. The molecule has 1 N–H and O–H groups in total. The van der Waals surface area contributed by atoms with Crippen LogP contribution in [0, 0.1) is 6.92 Å². The van der Waals surface area contributed by atoms with Crippen molar-refractivity contribution in [2.75, 3.05) is 38.2 Å². The third kappa shape index (κ3) is 4.21. The molecule has 0 spiro atoms. The van der Waals surface area contributed by atoms with Crippen LogP contribution in [0.25, 0.3) is 0 Å². The molecule has 2 heterocycles. The van der Waals surface area contributed by atoms with Gasteiger partial charge in [-0.3, -0.25) is 9.69 Å². The molecule has 1 fully saturated rings. The predicted molar refractivity (Wildman–Crippen MR) is 99.3 cm³/mol. The highest BCUT2D eigenvalue weighted by atomic mass is 35.5. The molecular weight excluding hydrogens is 340 g/mol. The van der Waals surface area contributed by atoms with Gasteiger partial charge in [0.15, 0.2) is 0 Å². The molecular formula is C18H23ClN4O2. The fourth-order valence-electron chi connectivity index (χ4n) is 3.06. The molecule has 1 atom stereocenters. The maximum atomic E-state index is 12.0. The molecule has 0 bridgehead atoms. The van der Waals surface area contributed by atoms with Crippen LogP contribution in [0.4, 0.5) is 5.69 Å². The second-order valence-corrected chi connectivity index (χ2v) is 6.64. The Hall–Kier alpha value is -1.89. The van der Waals surface area contributed by atoms with E-state index in [1.54, 1.807) is 13.2 Å². The number of ether oxygens (including phenoxy) is 1. The van der Waals surface area contributed by atoms with E-state index in [-0.39, 0.29) is 16.6 Å². The summed E-state index contributed by atoms with van der Waals surface area (Å²) in [5, 5.41) is 7.52. The van der Waals surface area contributed by atoms with E-state index in [1.807, 2.05) is 0 Å². The maximum Gasteiger partial charge on any atom is 0.287 e. The van der Waals surface area contributed by atoms with Gasteiger partial charge in [0.2, 0.25) is 0 Å². The fourth-order valence-corrected chi connectivity index (χ4v) is 3.30. The Bertz CT molecular complexity index is 787. The van der Waals surface area contributed by atoms with Gasteiger partial charge in [0.1, 0.15) is 5.02 Å². The molecule has 134 valence electrons. The van der Waals surface area contributed by atoms with Crippen LogP contribution in [0.1, 0.15) is 17.2 Å². The van der Waals surface area contributed by atoms with Crippen LogP contribution < -0.4 is 10.9 Å². The third-order valence-corrected chi connectivity index (χ3v) is 4.84. The van der Waals surface area contributed by atoms with Gasteiger partial charge in [-0.15, -0.1) is 0 Å². The molecule has 0 unspecified atom stereocenters. The van der Waals surface area contributed by atoms with Crippen LogP contribution in [-0.2, 0) is 11.8 Å². The summed E-state index contributed by atoms with van der Waals surface area (Å²) in [6.07, 6.45) is 1.59. The molecule has 7 heteroatoms. The second-order valence-electron chi connectivity index (χ2n) is 6.26. The van der Waals surface area contributed by atoms with Crippen molar-refractivity contribution in [3.8, 4) is 0 Å². The van der Waals surface area contributed by atoms with Gasteiger partial charge in [-0.05, 0) is 12.5 Å². The number of benzene rings is 1. The van der Waals surface area contributed by atoms with Crippen molar-refractivity contribution < 1.29 is 4.74 Å². The molecule has 1 aromatic heterocycles. The summed E-state index contributed by atoms with van der Waals surface area (Å²) in [6, 6.07) is 8.67. The molecule has 0 aliphatic carbocycles. The summed E-state index contributed by atoms with van der Waals surface area (Å²) < 4.78 is 6.71. The van der Waals surface area contributed by atoms with Crippen molar-refractivity contribution in [3.63, 3.8) is 0 Å². The van der Waals surface area contributed by atoms with E-state index in [1.165, 1.54) is 15.8 Å². The summed E-state index contributed by atoms with van der Waals surface area (Å²) in [5.41, 5.74) is 2.73. The van der Waals surface area contributed by atoms with E-state index in [0.717, 1.165) is 26.3 Å². The van der Waals surface area contributed by atoms with Crippen LogP contribution in [0.5, 0.6) is 0 Å². The molecule has 6 nitrogen and oxygen atoms in total. The molecule has 0 radical (unpaired) electrons. The Balaban J connectivity index is 1.82. The number of anilines is 1. The summed E-state index contributed by atoms with van der Waals surface area (Å²) in [4.78, 5) is 14.3. The minimum Gasteiger partial charge on any atom is -0.380 e. The molecule has 3 rings (SSSR count). The highest BCUT2D eigenvalue weighted by Gasteiger charge is 2.23. The highest BCUT2D eigenvalue weighted by Crippen LogP contribution is 2.24. The number of aromatic nitrogens is 2. The Morgan fingerprint density at radius 1 is 1.36 bits per heavy atom. The number of nitrogens with one attached hydrogen (secondary N) is 1. The Labute approximate surface area is 152 Å². The quantitative estimate of drug-likeness (QED) is 0.883. The van der Waals surface area contributed by atoms with E-state index in [9.17, 15) is 4.79 Å². The molecule has 0 amide bonds. The minimum absolute atomic E-state index is 0.169. The van der Waals surface area contributed by atoms with Gasteiger partial charge in [0.25, 0.3) is 5.56 Å². The lowest BCUT2D eigenvalue weighted by Crippen LogP contribution is -2.41. The number of hydrogen-bond acceptors (Lipinski definition) is 5. The standard InChI is InChI=1S/C18H23ClN4O2/c1-13-4-3-5-14(10-13)16(23-6-8-25-9-7-23)12-20-15-11-21-22(2)18(24)17(15)19/h3-5,10-11,16,20H,6-9,12H2,1-2H3/t16-/m0/s1. The topological polar surface area (TPSA) is 59.4 Å². The molecule has 2 aromatic rings. The van der Waals surface area contributed by atoms with Gasteiger partial charge in [0, 0.05) is 26.7 Å². The fraction of sp³-hybridized carbons (Fsp3) is 0.444. The Kier molecular flexibility index (Phi) is 5.73. The van der Waals surface area contributed by atoms with E-state index in [0.29, 0.717) is 12.2 Å². The molecule has 1 aliphatic rings. The molecule has 1 saturated heterocycles. The Morgan fingerprint density at radius 2 is 2.12 bits per heavy atom. The Morgan fingerprint density at radius 3 is 2.84 bits per heavy atom. The lowest BCUT2D eigenvalue weighted by atomic mass is 10.0. The monoisotopic (exact) mass is 362 g/mol. The van der Waals surface area contributed by atoms with Crippen LogP contribution in [-0.4, -0.2) is 47.5 Å². The van der Waals surface area contributed by atoms with E-state index >= 15 is 0 Å². The molecule has 1 aromatic carbocycles. The number of morpholine rings is 1. The van der Waals surface area contributed by atoms with Gasteiger partial charge >= 0.3 is 0 Å². The minimum atomic E-state index is -0.301. The number of rotatable bonds is 5. The molecule has 25 heavy (non-hydrogen) atoms. The zero-order valence-electron chi connectivity index (χ0n) is 14.5. The van der Waals surface area contributed by atoms with E-state index in [4.69, 9.17) is 16.3 Å². The normalized spacial score (nSPS) is 16.6. The van der Waals surface area contributed by atoms with Gasteiger partial charge in [0.05, 0.1) is 31.1 Å².